The van der Waals surface area contributed by atoms with E-state index in [1.807, 2.05) is 27.2 Å². The zero-order chi connectivity index (χ0) is 45.0. The molecule has 0 rings (SSSR count). The summed E-state index contributed by atoms with van der Waals surface area (Å²) in [5.74, 6) is -0.185. The molecule has 61 heavy (non-hydrogen) atoms. The highest BCUT2D eigenvalue weighted by Crippen LogP contribution is 2.43. The third-order valence-corrected chi connectivity index (χ3v) is 12.9. The van der Waals surface area contributed by atoms with Gasteiger partial charge in [0, 0.05) is 6.42 Å². The van der Waals surface area contributed by atoms with Crippen molar-refractivity contribution in [3.8, 4) is 0 Å². The van der Waals surface area contributed by atoms with Crippen LogP contribution in [0.1, 0.15) is 251 Å². The summed E-state index contributed by atoms with van der Waals surface area (Å²) in [6.45, 7) is 4.80. The molecule has 0 heterocycles. The number of aliphatic hydroxyl groups excluding tert-OH is 1. The van der Waals surface area contributed by atoms with Crippen LogP contribution in [0.25, 0.3) is 0 Å². The third kappa shape index (κ3) is 46.8. The maximum Gasteiger partial charge on any atom is 0.472 e. The Morgan fingerprint density at radius 3 is 1.30 bits per heavy atom. The highest BCUT2D eigenvalue weighted by Gasteiger charge is 2.27. The molecule has 8 nitrogen and oxygen atoms in total. The van der Waals surface area contributed by atoms with Crippen molar-refractivity contribution in [3.63, 3.8) is 0 Å². The van der Waals surface area contributed by atoms with E-state index in [2.05, 4.69) is 31.3 Å². The monoisotopic (exact) mass is 884 g/mol. The number of nitrogens with zero attached hydrogens (tertiary/aromatic N) is 1. The Morgan fingerprint density at radius 2 is 0.885 bits per heavy atom. The van der Waals surface area contributed by atoms with E-state index in [9.17, 15) is 19.4 Å². The minimum absolute atomic E-state index is 0.0611. The maximum atomic E-state index is 12.9. The Morgan fingerprint density at radius 1 is 0.541 bits per heavy atom. The molecule has 0 radical (unpaired) electrons. The number of unbranched alkanes of at least 4 members (excludes halogenated alkanes) is 33. The Labute approximate surface area is 379 Å². The molecule has 0 aliphatic rings. The lowest BCUT2D eigenvalue weighted by Gasteiger charge is -2.25. The number of hydrogen-bond donors (Lipinski definition) is 3. The highest BCUT2D eigenvalue weighted by molar-refractivity contribution is 7.47. The molecular formula is C52H104N2O6P+. The average molecular weight is 884 g/mol. The van der Waals surface area contributed by atoms with Crippen LogP contribution in [0.2, 0.25) is 0 Å². The Kier molecular flexibility index (Phi) is 43.5. The van der Waals surface area contributed by atoms with Gasteiger partial charge in [0.1, 0.15) is 13.2 Å². The molecule has 0 spiro atoms. The molecule has 0 aromatic heterocycles. The standard InChI is InChI=1S/C52H103N2O6P/c1-6-8-10-12-14-16-18-20-21-22-23-24-25-26-27-28-29-30-31-32-33-34-35-37-39-41-43-45-51(55)50(49-60-61(57,58)59-48-47-54(3,4)5)53-52(56)46-44-42-40-38-36-19-17-15-13-11-9-7-2/h15,17,43,45,50-51,55H,6-14,16,18-42,44,46-49H2,1-5H3,(H-,53,56,57,58)/p+1/b17-15-,45-43+. The van der Waals surface area contributed by atoms with Crippen LogP contribution in [0.5, 0.6) is 0 Å². The SMILES string of the molecule is CCCCC/C=C\CCCCCCCC(=O)NC(COP(=O)(O)OCC[N+](C)(C)C)C(O)/C=C/CCCCCCCCCCCCCCCCCCCCCCCCCCC. The normalized spacial score (nSPS) is 14.3. The number of carbonyl (C=O) groups excluding carboxylic acids is 1. The number of aliphatic hydroxyl groups is 1. The fraction of sp³-hybridized carbons (Fsp3) is 0.904. The molecule has 0 aromatic carbocycles. The van der Waals surface area contributed by atoms with Gasteiger partial charge in [0.15, 0.2) is 0 Å². The zero-order valence-electron chi connectivity index (χ0n) is 41.2. The summed E-state index contributed by atoms with van der Waals surface area (Å²) < 4.78 is 23.6. The van der Waals surface area contributed by atoms with E-state index in [1.165, 1.54) is 180 Å². The van der Waals surface area contributed by atoms with Crippen molar-refractivity contribution in [2.75, 3.05) is 40.9 Å². The van der Waals surface area contributed by atoms with Crippen LogP contribution in [0.4, 0.5) is 0 Å². The van der Waals surface area contributed by atoms with E-state index in [0.29, 0.717) is 17.4 Å². The number of allylic oxidation sites excluding steroid dienone is 3. The Balaban J connectivity index is 4.15. The molecule has 362 valence electrons. The summed E-state index contributed by atoms with van der Waals surface area (Å²) in [5.41, 5.74) is 0. The van der Waals surface area contributed by atoms with E-state index in [0.717, 1.165) is 51.4 Å². The van der Waals surface area contributed by atoms with Gasteiger partial charge >= 0.3 is 7.82 Å². The van der Waals surface area contributed by atoms with Crippen LogP contribution in [-0.2, 0) is 18.4 Å². The molecule has 0 fully saturated rings. The number of rotatable bonds is 48. The second kappa shape index (κ2) is 44.2. The van der Waals surface area contributed by atoms with Crippen molar-refractivity contribution < 1.29 is 32.9 Å². The van der Waals surface area contributed by atoms with Crippen molar-refractivity contribution >= 4 is 13.7 Å². The Bertz CT molecular complexity index is 1050. The number of phosphoric ester groups is 1. The van der Waals surface area contributed by atoms with E-state index >= 15 is 0 Å². The molecule has 1 amide bonds. The maximum absolute atomic E-state index is 12.9. The van der Waals surface area contributed by atoms with E-state index in [-0.39, 0.29) is 19.1 Å². The first-order valence-corrected chi connectivity index (χ1v) is 27.7. The largest absolute Gasteiger partial charge is 0.472 e. The molecule has 0 aliphatic carbocycles. The molecule has 0 aromatic rings. The van der Waals surface area contributed by atoms with Crippen LogP contribution in [0.15, 0.2) is 24.3 Å². The summed E-state index contributed by atoms with van der Waals surface area (Å²) in [5, 5.41) is 13.9. The van der Waals surface area contributed by atoms with Gasteiger partial charge in [0.05, 0.1) is 39.9 Å². The van der Waals surface area contributed by atoms with E-state index < -0.39 is 20.0 Å². The van der Waals surface area contributed by atoms with Crippen LogP contribution < -0.4 is 5.32 Å². The van der Waals surface area contributed by atoms with Crippen molar-refractivity contribution in [2.45, 2.75) is 264 Å². The smallest absolute Gasteiger partial charge is 0.387 e. The van der Waals surface area contributed by atoms with Gasteiger partial charge in [-0.2, -0.15) is 0 Å². The van der Waals surface area contributed by atoms with Crippen molar-refractivity contribution in [1.82, 2.24) is 5.32 Å². The number of phosphoric acid groups is 1. The van der Waals surface area contributed by atoms with E-state index in [1.54, 1.807) is 6.08 Å². The first-order valence-electron chi connectivity index (χ1n) is 26.2. The van der Waals surface area contributed by atoms with Gasteiger partial charge in [-0.15, -0.1) is 0 Å². The third-order valence-electron chi connectivity index (χ3n) is 11.9. The molecule has 0 aliphatic heterocycles. The first-order chi connectivity index (χ1) is 29.5. The van der Waals surface area contributed by atoms with E-state index in [4.69, 9.17) is 9.05 Å². The molecule has 9 heteroatoms. The minimum atomic E-state index is -4.34. The Hall–Kier alpha value is -1.02. The fourth-order valence-electron chi connectivity index (χ4n) is 7.74. The van der Waals surface area contributed by atoms with Crippen LogP contribution >= 0.6 is 7.82 Å². The molecule has 0 saturated heterocycles. The summed E-state index contributed by atoms with van der Waals surface area (Å²) in [6, 6.07) is -0.848. The summed E-state index contributed by atoms with van der Waals surface area (Å²) in [6.07, 6.45) is 54.2. The first kappa shape index (κ1) is 60.0. The minimum Gasteiger partial charge on any atom is -0.387 e. The topological polar surface area (TPSA) is 105 Å². The number of amides is 1. The summed E-state index contributed by atoms with van der Waals surface area (Å²) in [7, 11) is 1.57. The van der Waals surface area contributed by atoms with Gasteiger partial charge in [-0.3, -0.25) is 13.8 Å². The highest BCUT2D eigenvalue weighted by atomic mass is 31.2. The molecule has 3 atom stereocenters. The van der Waals surface area contributed by atoms with Gasteiger partial charge < -0.3 is 19.8 Å². The lowest BCUT2D eigenvalue weighted by Crippen LogP contribution is -2.45. The second-order valence-corrected chi connectivity index (χ2v) is 20.7. The van der Waals surface area contributed by atoms with Gasteiger partial charge in [0.2, 0.25) is 5.91 Å². The fourth-order valence-corrected chi connectivity index (χ4v) is 8.48. The van der Waals surface area contributed by atoms with Crippen molar-refractivity contribution in [3.05, 3.63) is 24.3 Å². The van der Waals surface area contributed by atoms with Gasteiger partial charge in [0.25, 0.3) is 0 Å². The number of carbonyl (C=O) groups is 1. The molecule has 3 N–H and O–H groups in total. The van der Waals surface area contributed by atoms with Crippen LogP contribution in [0, 0.1) is 0 Å². The van der Waals surface area contributed by atoms with Crippen molar-refractivity contribution in [2.24, 2.45) is 0 Å². The van der Waals surface area contributed by atoms with Crippen LogP contribution in [0.3, 0.4) is 0 Å². The lowest BCUT2D eigenvalue weighted by molar-refractivity contribution is -0.870. The molecule has 3 unspecified atom stereocenters. The van der Waals surface area contributed by atoms with Crippen LogP contribution in [-0.4, -0.2) is 73.4 Å². The number of nitrogens with one attached hydrogen (secondary N) is 1. The number of quaternary nitrogens is 1. The lowest BCUT2D eigenvalue weighted by atomic mass is 10.0. The predicted molar refractivity (Wildman–Crippen MR) is 263 cm³/mol. The van der Waals surface area contributed by atoms with Crippen molar-refractivity contribution in [1.29, 1.82) is 0 Å². The molecular weight excluding hydrogens is 780 g/mol. The van der Waals surface area contributed by atoms with Gasteiger partial charge in [-0.25, -0.2) is 4.57 Å². The molecule has 0 saturated carbocycles. The predicted octanol–water partition coefficient (Wildman–Crippen LogP) is 15.3. The quantitative estimate of drug-likeness (QED) is 0.0243. The number of likely N-dealkylation sites (N-methyl/N-ethyl adjacent to an activating group) is 1. The van der Waals surface area contributed by atoms with Gasteiger partial charge in [-0.1, -0.05) is 224 Å². The zero-order valence-corrected chi connectivity index (χ0v) is 42.1. The average Bonchev–Trinajstić information content (AvgIpc) is 3.21. The summed E-state index contributed by atoms with van der Waals surface area (Å²) >= 11 is 0. The second-order valence-electron chi connectivity index (χ2n) is 19.3. The molecule has 0 bridgehead atoms. The van der Waals surface area contributed by atoms with Gasteiger partial charge in [-0.05, 0) is 44.9 Å². The summed E-state index contributed by atoms with van der Waals surface area (Å²) in [4.78, 5) is 23.1. The number of hydrogen-bond acceptors (Lipinski definition) is 5.